The normalized spacial score (nSPS) is 11.1. The molecule has 5 nitrogen and oxygen atoms in total. The summed E-state index contributed by atoms with van der Waals surface area (Å²) in [4.78, 5) is 23.5. The van der Waals surface area contributed by atoms with Crippen molar-refractivity contribution in [2.24, 2.45) is 0 Å². The van der Waals surface area contributed by atoms with Gasteiger partial charge in [-0.25, -0.2) is 4.79 Å². The number of hydrogen-bond donors (Lipinski definition) is 1. The lowest BCUT2D eigenvalue weighted by Gasteiger charge is -2.22. The molecule has 1 aromatic carbocycles. The van der Waals surface area contributed by atoms with Crippen molar-refractivity contribution in [3.8, 4) is 11.5 Å². The smallest absolute Gasteiger partial charge is 0.379 e. The third kappa shape index (κ3) is 3.29. The highest BCUT2D eigenvalue weighted by atomic mass is 16.5. The van der Waals surface area contributed by atoms with E-state index in [-0.39, 0.29) is 17.9 Å². The minimum absolute atomic E-state index is 0.0986. The van der Waals surface area contributed by atoms with Gasteiger partial charge in [0.2, 0.25) is 0 Å². The number of ketones is 1. The first kappa shape index (κ1) is 16.0. The van der Waals surface area contributed by atoms with Crippen LogP contribution in [0.1, 0.15) is 43.6 Å². The highest BCUT2D eigenvalue weighted by molar-refractivity contribution is 6.41. The zero-order valence-corrected chi connectivity index (χ0v) is 12.4. The maximum atomic E-state index is 12.0. The minimum Gasteiger partial charge on any atom is -0.507 e. The average Bonchev–Trinajstić information content (AvgIpc) is 2.37. The Bertz CT molecular complexity index is 526. The Labute approximate surface area is 118 Å². The van der Waals surface area contributed by atoms with Crippen LogP contribution in [0.25, 0.3) is 0 Å². The monoisotopic (exact) mass is 280 g/mol. The Morgan fingerprint density at radius 1 is 1.25 bits per heavy atom. The molecule has 20 heavy (non-hydrogen) atoms. The molecule has 110 valence electrons. The van der Waals surface area contributed by atoms with Gasteiger partial charge in [-0.1, -0.05) is 20.8 Å². The molecular formula is C15H20O5. The number of aromatic hydroxyl groups is 1. The second-order valence-corrected chi connectivity index (χ2v) is 5.37. The second kappa shape index (κ2) is 5.94. The number of rotatable bonds is 4. The number of methoxy groups -OCH3 is 1. The zero-order valence-electron chi connectivity index (χ0n) is 12.4. The van der Waals surface area contributed by atoms with Gasteiger partial charge in [-0.3, -0.25) is 4.79 Å². The predicted molar refractivity (Wildman–Crippen MR) is 74.3 cm³/mol. The van der Waals surface area contributed by atoms with Gasteiger partial charge >= 0.3 is 5.97 Å². The van der Waals surface area contributed by atoms with Crippen molar-refractivity contribution in [2.45, 2.75) is 33.1 Å². The van der Waals surface area contributed by atoms with E-state index in [9.17, 15) is 14.7 Å². The van der Waals surface area contributed by atoms with E-state index in [0.717, 1.165) is 0 Å². The van der Waals surface area contributed by atoms with Crippen LogP contribution in [-0.2, 0) is 14.9 Å². The molecule has 0 saturated carbocycles. The topological polar surface area (TPSA) is 72.8 Å². The quantitative estimate of drug-likeness (QED) is 0.521. The van der Waals surface area contributed by atoms with E-state index in [1.54, 1.807) is 13.0 Å². The molecule has 0 spiro atoms. The molecule has 1 rings (SSSR count). The maximum Gasteiger partial charge on any atom is 0.379 e. The van der Waals surface area contributed by atoms with Gasteiger partial charge < -0.3 is 14.6 Å². The molecule has 0 atom stereocenters. The van der Waals surface area contributed by atoms with Gasteiger partial charge in [-0.15, -0.1) is 0 Å². The number of phenols is 1. The number of carbonyl (C=O) groups is 2. The van der Waals surface area contributed by atoms with E-state index in [1.165, 1.54) is 13.2 Å². The summed E-state index contributed by atoms with van der Waals surface area (Å²) in [7, 11) is 1.46. The van der Waals surface area contributed by atoms with Crippen LogP contribution in [0.4, 0.5) is 0 Å². The number of carbonyl (C=O) groups excluding carboxylic acids is 2. The van der Waals surface area contributed by atoms with Crippen molar-refractivity contribution in [2.75, 3.05) is 13.7 Å². The van der Waals surface area contributed by atoms with Gasteiger partial charge in [0, 0.05) is 5.56 Å². The first-order valence-corrected chi connectivity index (χ1v) is 6.35. The first-order chi connectivity index (χ1) is 9.22. The second-order valence-electron chi connectivity index (χ2n) is 5.37. The fourth-order valence-corrected chi connectivity index (χ4v) is 1.78. The Morgan fingerprint density at radius 2 is 1.85 bits per heavy atom. The van der Waals surface area contributed by atoms with Crippen LogP contribution in [0.15, 0.2) is 12.1 Å². The Balaban J connectivity index is 3.40. The number of benzene rings is 1. The van der Waals surface area contributed by atoms with Gasteiger partial charge in [0.15, 0.2) is 0 Å². The molecule has 0 bridgehead atoms. The van der Waals surface area contributed by atoms with Crippen molar-refractivity contribution in [1.29, 1.82) is 0 Å². The largest absolute Gasteiger partial charge is 0.507 e. The summed E-state index contributed by atoms with van der Waals surface area (Å²) in [5.41, 5.74) is 0.0275. The Hall–Kier alpha value is -2.04. The SMILES string of the molecule is CCOC(=O)C(=O)c1cc(OC)cc(C(C)(C)C)c1O. The zero-order chi connectivity index (χ0) is 15.5. The van der Waals surface area contributed by atoms with Crippen LogP contribution in [-0.4, -0.2) is 30.6 Å². The summed E-state index contributed by atoms with van der Waals surface area (Å²) in [5.74, 6) is -1.68. The Kier molecular flexibility index (Phi) is 4.76. The summed E-state index contributed by atoms with van der Waals surface area (Å²) in [6.45, 7) is 7.37. The van der Waals surface area contributed by atoms with E-state index in [1.807, 2.05) is 20.8 Å². The van der Waals surface area contributed by atoms with Crippen LogP contribution in [0.5, 0.6) is 11.5 Å². The summed E-state index contributed by atoms with van der Waals surface area (Å²) in [6.07, 6.45) is 0. The van der Waals surface area contributed by atoms with Crippen molar-refractivity contribution in [3.63, 3.8) is 0 Å². The van der Waals surface area contributed by atoms with Crippen molar-refractivity contribution in [3.05, 3.63) is 23.3 Å². The molecule has 0 aromatic heterocycles. The molecule has 0 aliphatic heterocycles. The molecule has 0 heterocycles. The summed E-state index contributed by atoms with van der Waals surface area (Å²) in [5, 5.41) is 10.2. The molecule has 0 amide bonds. The Morgan fingerprint density at radius 3 is 2.30 bits per heavy atom. The summed E-state index contributed by atoms with van der Waals surface area (Å²) in [6, 6.07) is 2.99. The molecule has 0 fully saturated rings. The van der Waals surface area contributed by atoms with Crippen LogP contribution < -0.4 is 4.74 Å². The lowest BCUT2D eigenvalue weighted by Crippen LogP contribution is -2.20. The van der Waals surface area contributed by atoms with Crippen molar-refractivity contribution in [1.82, 2.24) is 0 Å². The highest BCUT2D eigenvalue weighted by Crippen LogP contribution is 2.37. The summed E-state index contributed by atoms with van der Waals surface area (Å²) >= 11 is 0. The highest BCUT2D eigenvalue weighted by Gasteiger charge is 2.28. The van der Waals surface area contributed by atoms with Crippen LogP contribution in [0.3, 0.4) is 0 Å². The fraction of sp³-hybridized carbons (Fsp3) is 0.467. The van der Waals surface area contributed by atoms with E-state index in [4.69, 9.17) is 4.74 Å². The van der Waals surface area contributed by atoms with Gasteiger partial charge in [-0.2, -0.15) is 0 Å². The molecule has 0 aliphatic carbocycles. The van der Waals surface area contributed by atoms with Crippen molar-refractivity contribution < 1.29 is 24.2 Å². The maximum absolute atomic E-state index is 12.0. The predicted octanol–water partition coefficient (Wildman–Crippen LogP) is 2.44. The molecule has 5 heteroatoms. The number of Topliss-reactive ketones (excluding diaryl/α,β-unsaturated/α-hetero) is 1. The third-order valence-corrected chi connectivity index (χ3v) is 2.83. The molecule has 0 radical (unpaired) electrons. The van der Waals surface area contributed by atoms with E-state index < -0.39 is 17.2 Å². The summed E-state index contributed by atoms with van der Waals surface area (Å²) < 4.78 is 9.79. The third-order valence-electron chi connectivity index (χ3n) is 2.83. The number of phenolic OH excluding ortho intramolecular Hbond substituents is 1. The lowest BCUT2D eigenvalue weighted by atomic mass is 9.84. The molecule has 1 aromatic rings. The fourth-order valence-electron chi connectivity index (χ4n) is 1.78. The van der Waals surface area contributed by atoms with E-state index in [0.29, 0.717) is 11.3 Å². The first-order valence-electron chi connectivity index (χ1n) is 6.35. The average molecular weight is 280 g/mol. The van der Waals surface area contributed by atoms with Crippen LogP contribution in [0.2, 0.25) is 0 Å². The van der Waals surface area contributed by atoms with Gasteiger partial charge in [0.25, 0.3) is 5.78 Å². The molecule has 1 N–H and O–H groups in total. The number of hydrogen-bond acceptors (Lipinski definition) is 5. The van der Waals surface area contributed by atoms with Crippen LogP contribution >= 0.6 is 0 Å². The van der Waals surface area contributed by atoms with Gasteiger partial charge in [0.1, 0.15) is 11.5 Å². The molecule has 0 saturated heterocycles. The van der Waals surface area contributed by atoms with Gasteiger partial charge in [-0.05, 0) is 24.5 Å². The molecule has 0 aliphatic rings. The lowest BCUT2D eigenvalue weighted by molar-refractivity contribution is -0.137. The number of ether oxygens (including phenoxy) is 2. The molecular weight excluding hydrogens is 260 g/mol. The van der Waals surface area contributed by atoms with Crippen molar-refractivity contribution >= 4 is 11.8 Å². The minimum atomic E-state index is -0.990. The van der Waals surface area contributed by atoms with E-state index in [2.05, 4.69) is 4.74 Å². The number of esters is 1. The standard InChI is InChI=1S/C15H20O5/c1-6-20-14(18)13(17)10-7-9(19-5)8-11(12(10)16)15(2,3)4/h7-8,16H,6H2,1-5H3. The van der Waals surface area contributed by atoms with E-state index >= 15 is 0 Å². The van der Waals surface area contributed by atoms with Gasteiger partial charge in [0.05, 0.1) is 19.3 Å². The van der Waals surface area contributed by atoms with Crippen LogP contribution in [0, 0.1) is 0 Å². The molecule has 0 unspecified atom stereocenters.